The predicted molar refractivity (Wildman–Crippen MR) is 103 cm³/mol. The second-order valence-corrected chi connectivity index (χ2v) is 6.91. The normalized spacial score (nSPS) is 14.9. The molecule has 0 radical (unpaired) electrons. The average molecular weight is 376 g/mol. The summed E-state index contributed by atoms with van der Waals surface area (Å²) in [5.41, 5.74) is 1.15. The lowest BCUT2D eigenvalue weighted by Crippen LogP contribution is -2.42. The second-order valence-electron chi connectivity index (χ2n) is 6.91. The molecular weight excluding hydrogens is 348 g/mol. The van der Waals surface area contributed by atoms with E-state index >= 15 is 0 Å². The molecular formula is C19H28N4O4. The Labute approximate surface area is 159 Å². The number of carbonyl (C=O) groups excluding carboxylic acids is 3. The van der Waals surface area contributed by atoms with Gasteiger partial charge < -0.3 is 25.2 Å². The van der Waals surface area contributed by atoms with E-state index in [-0.39, 0.29) is 36.8 Å². The van der Waals surface area contributed by atoms with Crippen LogP contribution in [0.5, 0.6) is 0 Å². The van der Waals surface area contributed by atoms with Gasteiger partial charge in [-0.1, -0.05) is 12.1 Å². The van der Waals surface area contributed by atoms with E-state index in [1.54, 1.807) is 28.0 Å². The molecule has 3 amide bonds. The zero-order valence-corrected chi connectivity index (χ0v) is 16.2. The number of amides is 3. The second kappa shape index (κ2) is 10.0. The molecule has 1 heterocycles. The zero-order valence-electron chi connectivity index (χ0n) is 16.2. The number of rotatable bonds is 7. The topological polar surface area (TPSA) is 91.0 Å². The van der Waals surface area contributed by atoms with Crippen LogP contribution in [0.25, 0.3) is 0 Å². The minimum Gasteiger partial charge on any atom is -0.375 e. The molecule has 0 saturated carbocycles. The highest BCUT2D eigenvalue weighted by Gasteiger charge is 2.27. The Bertz CT molecular complexity index is 669. The van der Waals surface area contributed by atoms with E-state index < -0.39 is 0 Å². The van der Waals surface area contributed by atoms with Crippen molar-refractivity contribution in [2.24, 2.45) is 5.92 Å². The fourth-order valence-corrected chi connectivity index (χ4v) is 3.02. The molecule has 0 aromatic heterocycles. The van der Waals surface area contributed by atoms with Crippen LogP contribution in [0.1, 0.15) is 12.8 Å². The number of carbonyl (C=O) groups is 3. The van der Waals surface area contributed by atoms with Gasteiger partial charge in [0.15, 0.2) is 0 Å². The standard InChI is InChI=1S/C19H28N4O4/c1-22(2)12-17(24)20-15-6-4-5-7-16(15)21-19(26)14-8-10-23(11-9-14)18(25)13-27-3/h4-7,14H,8-13H2,1-3H3,(H,20,24)(H,21,26). The highest BCUT2D eigenvalue weighted by molar-refractivity contribution is 6.00. The van der Waals surface area contributed by atoms with E-state index in [1.807, 2.05) is 20.2 Å². The fraction of sp³-hybridized carbons (Fsp3) is 0.526. The lowest BCUT2D eigenvalue weighted by molar-refractivity contribution is -0.138. The minimum atomic E-state index is -0.165. The number of hydrogen-bond acceptors (Lipinski definition) is 5. The van der Waals surface area contributed by atoms with Gasteiger partial charge in [-0.2, -0.15) is 0 Å². The molecule has 8 heteroatoms. The number of likely N-dealkylation sites (tertiary alicyclic amines) is 1. The Hall–Kier alpha value is -2.45. The number of likely N-dealkylation sites (N-methyl/N-ethyl adjacent to an activating group) is 1. The van der Waals surface area contributed by atoms with E-state index in [1.165, 1.54) is 7.11 Å². The number of methoxy groups -OCH3 is 1. The van der Waals surface area contributed by atoms with Crippen LogP contribution >= 0.6 is 0 Å². The summed E-state index contributed by atoms with van der Waals surface area (Å²) in [6.45, 7) is 1.41. The lowest BCUT2D eigenvalue weighted by Gasteiger charge is -2.31. The van der Waals surface area contributed by atoms with Crippen LogP contribution in [-0.4, -0.2) is 75.0 Å². The van der Waals surface area contributed by atoms with Gasteiger partial charge in [0, 0.05) is 26.1 Å². The van der Waals surface area contributed by atoms with Gasteiger partial charge in [0.05, 0.1) is 17.9 Å². The minimum absolute atomic E-state index is 0.0506. The SMILES string of the molecule is COCC(=O)N1CCC(C(=O)Nc2ccccc2NC(=O)CN(C)C)CC1. The number of ether oxygens (including phenoxy) is 1. The summed E-state index contributed by atoms with van der Waals surface area (Å²) in [6.07, 6.45) is 1.22. The van der Waals surface area contributed by atoms with Gasteiger partial charge in [0.2, 0.25) is 17.7 Å². The molecule has 0 aliphatic carbocycles. The summed E-state index contributed by atoms with van der Waals surface area (Å²) in [5.74, 6) is -0.456. The number of hydrogen-bond donors (Lipinski definition) is 2. The number of benzene rings is 1. The van der Waals surface area contributed by atoms with Crippen molar-refractivity contribution >= 4 is 29.1 Å². The maximum absolute atomic E-state index is 12.6. The third-order valence-electron chi connectivity index (χ3n) is 4.41. The Morgan fingerprint density at radius 2 is 1.70 bits per heavy atom. The van der Waals surface area contributed by atoms with E-state index in [2.05, 4.69) is 10.6 Å². The first-order valence-electron chi connectivity index (χ1n) is 9.02. The van der Waals surface area contributed by atoms with Crippen LogP contribution in [0, 0.1) is 5.92 Å². The summed E-state index contributed by atoms with van der Waals surface area (Å²) >= 11 is 0. The molecule has 2 N–H and O–H groups in total. The molecule has 1 aromatic rings. The van der Waals surface area contributed by atoms with Gasteiger partial charge in [0.1, 0.15) is 6.61 Å². The van der Waals surface area contributed by atoms with E-state index in [0.29, 0.717) is 37.3 Å². The van der Waals surface area contributed by atoms with Gasteiger partial charge in [-0.25, -0.2) is 0 Å². The smallest absolute Gasteiger partial charge is 0.248 e. The van der Waals surface area contributed by atoms with Gasteiger partial charge >= 0.3 is 0 Å². The first-order valence-corrected chi connectivity index (χ1v) is 9.02. The van der Waals surface area contributed by atoms with Crippen molar-refractivity contribution in [1.82, 2.24) is 9.80 Å². The Morgan fingerprint density at radius 3 is 2.26 bits per heavy atom. The van der Waals surface area contributed by atoms with E-state index in [0.717, 1.165) is 0 Å². The third-order valence-corrected chi connectivity index (χ3v) is 4.41. The maximum atomic E-state index is 12.6. The van der Waals surface area contributed by atoms with Crippen molar-refractivity contribution < 1.29 is 19.1 Å². The summed E-state index contributed by atoms with van der Waals surface area (Å²) < 4.78 is 4.87. The van der Waals surface area contributed by atoms with E-state index in [4.69, 9.17) is 4.74 Å². The highest BCUT2D eigenvalue weighted by atomic mass is 16.5. The van der Waals surface area contributed by atoms with Crippen molar-refractivity contribution in [1.29, 1.82) is 0 Å². The van der Waals surface area contributed by atoms with Crippen LogP contribution in [0.4, 0.5) is 11.4 Å². The van der Waals surface area contributed by atoms with Crippen LogP contribution in [0.3, 0.4) is 0 Å². The van der Waals surface area contributed by atoms with Gasteiger partial charge in [-0.3, -0.25) is 14.4 Å². The molecule has 148 valence electrons. The summed E-state index contributed by atoms with van der Waals surface area (Å²) in [6, 6.07) is 7.14. The molecule has 0 unspecified atom stereocenters. The summed E-state index contributed by atoms with van der Waals surface area (Å²) in [7, 11) is 5.13. The number of nitrogens with one attached hydrogen (secondary N) is 2. The lowest BCUT2D eigenvalue weighted by atomic mass is 9.95. The molecule has 0 atom stereocenters. The van der Waals surface area contributed by atoms with Crippen molar-refractivity contribution in [2.45, 2.75) is 12.8 Å². The van der Waals surface area contributed by atoms with Crippen molar-refractivity contribution in [3.63, 3.8) is 0 Å². The number of anilines is 2. The average Bonchev–Trinajstić information content (AvgIpc) is 2.63. The molecule has 1 fully saturated rings. The summed E-state index contributed by atoms with van der Waals surface area (Å²) in [4.78, 5) is 40.0. The van der Waals surface area contributed by atoms with Crippen molar-refractivity contribution in [2.75, 3.05) is 58.1 Å². The molecule has 2 rings (SSSR count). The molecule has 1 aliphatic rings. The predicted octanol–water partition coefficient (Wildman–Crippen LogP) is 1.01. The van der Waals surface area contributed by atoms with Crippen LogP contribution in [-0.2, 0) is 19.1 Å². The van der Waals surface area contributed by atoms with Gasteiger partial charge in [-0.05, 0) is 39.1 Å². The highest BCUT2D eigenvalue weighted by Crippen LogP contribution is 2.24. The van der Waals surface area contributed by atoms with E-state index in [9.17, 15) is 14.4 Å². The number of piperidine rings is 1. The fourth-order valence-electron chi connectivity index (χ4n) is 3.02. The first-order chi connectivity index (χ1) is 12.9. The largest absolute Gasteiger partial charge is 0.375 e. The molecule has 1 saturated heterocycles. The maximum Gasteiger partial charge on any atom is 0.248 e. The molecule has 0 bridgehead atoms. The third kappa shape index (κ3) is 6.33. The molecule has 0 spiro atoms. The Balaban J connectivity index is 1.93. The van der Waals surface area contributed by atoms with Crippen molar-refractivity contribution in [3.8, 4) is 0 Å². The monoisotopic (exact) mass is 376 g/mol. The van der Waals surface area contributed by atoms with Crippen LogP contribution in [0.2, 0.25) is 0 Å². The summed E-state index contributed by atoms with van der Waals surface area (Å²) in [5, 5.41) is 5.74. The number of nitrogens with zero attached hydrogens (tertiary/aromatic N) is 2. The molecule has 1 aromatic carbocycles. The van der Waals surface area contributed by atoms with Crippen LogP contribution < -0.4 is 10.6 Å². The quantitative estimate of drug-likeness (QED) is 0.741. The Morgan fingerprint density at radius 1 is 1.11 bits per heavy atom. The Kier molecular flexibility index (Phi) is 7.75. The van der Waals surface area contributed by atoms with Crippen LogP contribution in [0.15, 0.2) is 24.3 Å². The molecule has 27 heavy (non-hydrogen) atoms. The van der Waals surface area contributed by atoms with Gasteiger partial charge in [-0.15, -0.1) is 0 Å². The van der Waals surface area contributed by atoms with Gasteiger partial charge in [0.25, 0.3) is 0 Å². The zero-order chi connectivity index (χ0) is 19.8. The van der Waals surface area contributed by atoms with Crippen molar-refractivity contribution in [3.05, 3.63) is 24.3 Å². The first kappa shape index (κ1) is 20.9. The number of para-hydroxylation sites is 2. The molecule has 1 aliphatic heterocycles. The molecule has 8 nitrogen and oxygen atoms in total.